The van der Waals surface area contributed by atoms with Crippen molar-refractivity contribution in [3.8, 4) is 0 Å². The molecule has 0 fully saturated rings. The van der Waals surface area contributed by atoms with E-state index in [1.54, 1.807) is 0 Å². The molecule has 12 nitrogen and oxygen atoms in total. The number of carbonyl (C=O) groups excluding carboxylic acids is 1. The molecule has 0 radical (unpaired) electrons. The monoisotopic (exact) mass is 711 g/mol. The summed E-state index contributed by atoms with van der Waals surface area (Å²) in [5.41, 5.74) is -0.507. The van der Waals surface area contributed by atoms with Crippen molar-refractivity contribution in [2.24, 2.45) is 0 Å². The average molecular weight is 711 g/mol. The van der Waals surface area contributed by atoms with Crippen molar-refractivity contribution < 1.29 is 56.9 Å². The lowest BCUT2D eigenvalue weighted by molar-refractivity contribution is -0.160. The largest absolute Gasteiger partial charge is 0.458 e. The highest BCUT2D eigenvalue weighted by molar-refractivity contribution is 5.71. The molecule has 0 rings (SSSR count). The fourth-order valence-corrected chi connectivity index (χ4v) is 4.37. The molecule has 0 bridgehead atoms. The van der Waals surface area contributed by atoms with Gasteiger partial charge in [-0.25, -0.2) is 4.79 Å². The predicted molar refractivity (Wildman–Crippen MR) is 190 cm³/mol. The van der Waals surface area contributed by atoms with Gasteiger partial charge in [0.1, 0.15) is 12.2 Å². The molecule has 0 heterocycles. The van der Waals surface area contributed by atoms with Gasteiger partial charge in [0.15, 0.2) is 0 Å². The summed E-state index contributed by atoms with van der Waals surface area (Å²) in [6, 6.07) is 0. The first-order chi connectivity index (χ1) is 24.0. The normalized spacial score (nSPS) is 11.8. The maximum absolute atomic E-state index is 11.5. The molecular weight excluding hydrogens is 636 g/mol. The van der Waals surface area contributed by atoms with E-state index in [9.17, 15) is 4.79 Å². The molecule has 0 N–H and O–H groups in total. The van der Waals surface area contributed by atoms with Gasteiger partial charge >= 0.3 is 5.97 Å². The van der Waals surface area contributed by atoms with Gasteiger partial charge < -0.3 is 52.1 Å². The van der Waals surface area contributed by atoms with Crippen LogP contribution in [0.15, 0.2) is 0 Å². The quantitative estimate of drug-likeness (QED) is 0.0563. The Hall–Kier alpha value is -0.930. The smallest absolute Gasteiger partial charge is 0.332 e. The number of carbonyl (C=O) groups is 1. The van der Waals surface area contributed by atoms with E-state index in [2.05, 4.69) is 6.92 Å². The van der Waals surface area contributed by atoms with Crippen molar-refractivity contribution in [3.63, 3.8) is 0 Å². The SMILES string of the molecule is CCCCCCCCCCCCCOCCOCCOCCOCCOCCOCCOCCOCCOCCOCC(=O)OC(C)(C)C. The topological polar surface area (TPSA) is 119 Å². The minimum absolute atomic E-state index is 0.0787. The number of unbranched alkanes of at least 4 members (excludes halogenated alkanes) is 10. The lowest BCUT2D eigenvalue weighted by atomic mass is 10.1. The molecule has 0 saturated carbocycles. The van der Waals surface area contributed by atoms with Crippen molar-refractivity contribution in [1.29, 1.82) is 0 Å². The van der Waals surface area contributed by atoms with E-state index in [0.29, 0.717) is 119 Å². The lowest BCUT2D eigenvalue weighted by Crippen LogP contribution is -2.27. The van der Waals surface area contributed by atoms with Crippen molar-refractivity contribution >= 4 is 5.97 Å². The van der Waals surface area contributed by atoms with Gasteiger partial charge in [-0.2, -0.15) is 0 Å². The van der Waals surface area contributed by atoms with E-state index < -0.39 is 5.60 Å². The zero-order valence-electron chi connectivity index (χ0n) is 31.8. The van der Waals surface area contributed by atoms with Crippen LogP contribution in [-0.2, 0) is 56.9 Å². The molecule has 0 spiro atoms. The second-order valence-electron chi connectivity index (χ2n) is 12.7. The van der Waals surface area contributed by atoms with Crippen LogP contribution in [0.1, 0.15) is 98.3 Å². The van der Waals surface area contributed by atoms with Crippen molar-refractivity contribution in [3.05, 3.63) is 0 Å². The second kappa shape index (κ2) is 39.8. The Balaban J connectivity index is 3.09. The lowest BCUT2D eigenvalue weighted by Gasteiger charge is -2.19. The number of hydrogen-bond donors (Lipinski definition) is 0. The van der Waals surface area contributed by atoms with Gasteiger partial charge in [-0.15, -0.1) is 0 Å². The van der Waals surface area contributed by atoms with Gasteiger partial charge in [0.05, 0.1) is 119 Å². The Labute approximate surface area is 298 Å². The fourth-order valence-electron chi connectivity index (χ4n) is 4.37. The first kappa shape index (κ1) is 48.1. The van der Waals surface area contributed by atoms with Crippen LogP contribution < -0.4 is 0 Å². The molecular formula is C37H74O12. The van der Waals surface area contributed by atoms with Gasteiger partial charge in [-0.3, -0.25) is 0 Å². The van der Waals surface area contributed by atoms with Crippen LogP contribution in [0.3, 0.4) is 0 Å². The predicted octanol–water partition coefficient (Wildman–Crippen LogP) is 5.81. The van der Waals surface area contributed by atoms with Gasteiger partial charge in [0, 0.05) is 6.61 Å². The molecule has 294 valence electrons. The minimum Gasteiger partial charge on any atom is -0.458 e. The number of hydrogen-bond acceptors (Lipinski definition) is 12. The van der Waals surface area contributed by atoms with E-state index in [4.69, 9.17) is 52.1 Å². The molecule has 0 aliphatic heterocycles. The maximum atomic E-state index is 11.5. The van der Waals surface area contributed by atoms with Crippen LogP contribution in [0.4, 0.5) is 0 Å². The van der Waals surface area contributed by atoms with Crippen molar-refractivity contribution in [2.75, 3.05) is 132 Å². The van der Waals surface area contributed by atoms with Gasteiger partial charge in [-0.05, 0) is 27.2 Å². The highest BCUT2D eigenvalue weighted by Crippen LogP contribution is 2.11. The molecule has 0 aromatic carbocycles. The van der Waals surface area contributed by atoms with E-state index in [-0.39, 0.29) is 12.6 Å². The minimum atomic E-state index is -0.507. The Morgan fingerprint density at radius 1 is 0.347 bits per heavy atom. The summed E-state index contributed by atoms with van der Waals surface area (Å²) in [4.78, 5) is 11.5. The summed E-state index contributed by atoms with van der Waals surface area (Å²) in [5, 5.41) is 0. The molecule has 0 aromatic heterocycles. The summed E-state index contributed by atoms with van der Waals surface area (Å²) in [5.74, 6) is -0.382. The third-order valence-corrected chi connectivity index (χ3v) is 6.88. The summed E-state index contributed by atoms with van der Waals surface area (Å²) < 4.78 is 59.9. The van der Waals surface area contributed by atoms with E-state index in [0.717, 1.165) is 13.0 Å². The molecule has 49 heavy (non-hydrogen) atoms. The summed E-state index contributed by atoms with van der Waals surface area (Å²) in [7, 11) is 0. The fraction of sp³-hybridized carbons (Fsp3) is 0.973. The van der Waals surface area contributed by atoms with E-state index in [1.165, 1.54) is 64.2 Å². The zero-order valence-corrected chi connectivity index (χ0v) is 31.8. The molecule has 0 saturated heterocycles. The van der Waals surface area contributed by atoms with Crippen LogP contribution in [0.25, 0.3) is 0 Å². The highest BCUT2D eigenvalue weighted by atomic mass is 16.6. The molecule has 0 unspecified atom stereocenters. The van der Waals surface area contributed by atoms with Crippen LogP contribution >= 0.6 is 0 Å². The molecule has 12 heteroatoms. The molecule has 0 aliphatic carbocycles. The summed E-state index contributed by atoms with van der Waals surface area (Å²) >= 11 is 0. The number of rotatable bonds is 41. The first-order valence-electron chi connectivity index (χ1n) is 18.9. The van der Waals surface area contributed by atoms with Gasteiger partial charge in [0.2, 0.25) is 0 Å². The Kier molecular flexibility index (Phi) is 39.1. The number of esters is 1. The number of ether oxygens (including phenoxy) is 11. The molecule has 0 amide bonds. The maximum Gasteiger partial charge on any atom is 0.332 e. The molecule has 0 atom stereocenters. The van der Waals surface area contributed by atoms with Crippen LogP contribution in [-0.4, -0.2) is 144 Å². The third-order valence-electron chi connectivity index (χ3n) is 6.88. The van der Waals surface area contributed by atoms with Crippen LogP contribution in [0, 0.1) is 0 Å². The summed E-state index contributed by atoms with van der Waals surface area (Å²) in [6.45, 7) is 17.6. The van der Waals surface area contributed by atoms with Crippen LogP contribution in [0.5, 0.6) is 0 Å². The van der Waals surface area contributed by atoms with E-state index >= 15 is 0 Å². The van der Waals surface area contributed by atoms with Gasteiger partial charge in [-0.1, -0.05) is 71.1 Å². The molecule has 0 aliphatic rings. The first-order valence-corrected chi connectivity index (χ1v) is 18.9. The van der Waals surface area contributed by atoms with Gasteiger partial charge in [0.25, 0.3) is 0 Å². The highest BCUT2D eigenvalue weighted by Gasteiger charge is 2.15. The van der Waals surface area contributed by atoms with Crippen molar-refractivity contribution in [2.45, 2.75) is 104 Å². The third kappa shape index (κ3) is 45.0. The zero-order chi connectivity index (χ0) is 35.8. The average Bonchev–Trinajstić information content (AvgIpc) is 3.06. The Morgan fingerprint density at radius 3 is 0.878 bits per heavy atom. The summed E-state index contributed by atoms with van der Waals surface area (Å²) in [6.07, 6.45) is 14.8. The van der Waals surface area contributed by atoms with Crippen LogP contribution in [0.2, 0.25) is 0 Å². The molecule has 0 aromatic rings. The second-order valence-corrected chi connectivity index (χ2v) is 12.7. The van der Waals surface area contributed by atoms with E-state index in [1.807, 2.05) is 20.8 Å². The Morgan fingerprint density at radius 2 is 0.592 bits per heavy atom. The Bertz CT molecular complexity index is 647. The standard InChI is InChI=1S/C37H74O12/c1-5-6-7-8-9-10-11-12-13-14-15-16-39-17-18-40-19-20-41-21-22-42-23-24-43-25-26-44-27-28-45-29-30-46-31-32-47-33-34-48-35-36(38)49-37(2,3)4/h5-35H2,1-4H3. The van der Waals surface area contributed by atoms with Crippen molar-refractivity contribution in [1.82, 2.24) is 0 Å².